The Morgan fingerprint density at radius 2 is 1.60 bits per heavy atom. The van der Waals surface area contributed by atoms with Crippen molar-refractivity contribution in [3.63, 3.8) is 0 Å². The molecule has 0 heterocycles. The van der Waals surface area contributed by atoms with Crippen LogP contribution in [0.4, 0.5) is 0 Å². The first kappa shape index (κ1) is 14.5. The summed E-state index contributed by atoms with van der Waals surface area (Å²) >= 11 is 0. The molecule has 0 bridgehead atoms. The van der Waals surface area contributed by atoms with Gasteiger partial charge >= 0.3 is 0 Å². The van der Waals surface area contributed by atoms with Crippen LogP contribution in [0.2, 0.25) is 0 Å². The smallest absolute Gasteiger partial charge is 0.0300 e. The Morgan fingerprint density at radius 3 is 2.07 bits per heavy atom. The highest BCUT2D eigenvalue weighted by Crippen LogP contribution is 2.24. The first-order valence-electron chi connectivity index (χ1n) is 6.21. The zero-order chi connectivity index (χ0) is 11.8. The van der Waals surface area contributed by atoms with Gasteiger partial charge in [0, 0.05) is 0 Å². The van der Waals surface area contributed by atoms with E-state index in [2.05, 4.69) is 40.9 Å². The summed E-state index contributed by atoms with van der Waals surface area (Å²) in [5, 5.41) is 0. The molecule has 0 amide bonds. The Balaban J connectivity index is 3.76. The molecule has 3 unspecified atom stereocenters. The van der Waals surface area contributed by atoms with Gasteiger partial charge in [-0.15, -0.1) is 13.2 Å². The summed E-state index contributed by atoms with van der Waals surface area (Å²) in [5.41, 5.74) is 1.31. The molecule has 88 valence electrons. The Labute approximate surface area is 96.5 Å². The molecule has 0 heteroatoms. The number of hydrogen-bond acceptors (Lipinski definition) is 0. The van der Waals surface area contributed by atoms with Crippen LogP contribution in [0.15, 0.2) is 24.8 Å². The fraction of sp³-hybridized carbons (Fsp3) is 0.733. The number of rotatable bonds is 8. The molecule has 0 aliphatic carbocycles. The zero-order valence-corrected chi connectivity index (χ0v) is 11.1. The maximum atomic E-state index is 3.98. The summed E-state index contributed by atoms with van der Waals surface area (Å²) in [5.74, 6) is 2.40. The van der Waals surface area contributed by atoms with E-state index < -0.39 is 0 Å². The van der Waals surface area contributed by atoms with Crippen molar-refractivity contribution in [1.82, 2.24) is 0 Å². The largest absolute Gasteiger partial charge is 0.103 e. The lowest BCUT2D eigenvalue weighted by Crippen LogP contribution is -2.07. The zero-order valence-electron chi connectivity index (χ0n) is 11.1. The van der Waals surface area contributed by atoms with Gasteiger partial charge in [0.05, 0.1) is 0 Å². The fourth-order valence-corrected chi connectivity index (χ4v) is 2.53. The summed E-state index contributed by atoms with van der Waals surface area (Å²) in [6, 6.07) is 0. The minimum absolute atomic E-state index is 0.786. The Morgan fingerprint density at radius 1 is 1.07 bits per heavy atom. The predicted octanol–water partition coefficient (Wildman–Crippen LogP) is 5.22. The topological polar surface area (TPSA) is 0 Å². The van der Waals surface area contributed by atoms with Gasteiger partial charge in [-0.3, -0.25) is 0 Å². The lowest BCUT2D eigenvalue weighted by molar-refractivity contribution is 0.343. The molecule has 3 atom stereocenters. The second-order valence-corrected chi connectivity index (χ2v) is 5.47. The van der Waals surface area contributed by atoms with Crippen LogP contribution in [-0.4, -0.2) is 0 Å². The van der Waals surface area contributed by atoms with Gasteiger partial charge in [-0.05, 0) is 50.4 Å². The molecule has 0 radical (unpaired) electrons. The van der Waals surface area contributed by atoms with Gasteiger partial charge in [0.15, 0.2) is 0 Å². The van der Waals surface area contributed by atoms with Gasteiger partial charge in [0.25, 0.3) is 0 Å². The summed E-state index contributed by atoms with van der Waals surface area (Å²) in [6.45, 7) is 16.9. The number of allylic oxidation sites excluding steroid dienone is 2. The van der Waals surface area contributed by atoms with Crippen LogP contribution in [-0.2, 0) is 0 Å². The highest BCUT2D eigenvalue weighted by Gasteiger charge is 2.11. The predicted molar refractivity (Wildman–Crippen MR) is 71.0 cm³/mol. The third-order valence-corrected chi connectivity index (χ3v) is 2.88. The Kier molecular flexibility index (Phi) is 7.46. The van der Waals surface area contributed by atoms with E-state index in [1.165, 1.54) is 24.8 Å². The van der Waals surface area contributed by atoms with Crippen molar-refractivity contribution in [3.8, 4) is 0 Å². The highest BCUT2D eigenvalue weighted by molar-refractivity contribution is 4.89. The van der Waals surface area contributed by atoms with Crippen LogP contribution in [0, 0.1) is 17.8 Å². The first-order chi connectivity index (χ1) is 6.95. The molecule has 0 aromatic heterocycles. The molecule has 0 saturated heterocycles. The summed E-state index contributed by atoms with van der Waals surface area (Å²) in [6.07, 6.45) is 7.02. The van der Waals surface area contributed by atoms with Crippen molar-refractivity contribution >= 4 is 0 Å². The van der Waals surface area contributed by atoms with Crippen molar-refractivity contribution in [2.24, 2.45) is 17.8 Å². The highest BCUT2D eigenvalue weighted by atomic mass is 14.2. The maximum Gasteiger partial charge on any atom is -0.0300 e. The van der Waals surface area contributed by atoms with Gasteiger partial charge in [-0.2, -0.15) is 0 Å². The van der Waals surface area contributed by atoms with Gasteiger partial charge in [0.2, 0.25) is 0 Å². The fourth-order valence-electron chi connectivity index (χ4n) is 2.53. The molecule has 0 aromatic rings. The normalized spacial score (nSPS) is 16.8. The lowest BCUT2D eigenvalue weighted by Gasteiger charge is -2.20. The van der Waals surface area contributed by atoms with E-state index in [4.69, 9.17) is 0 Å². The second-order valence-electron chi connectivity index (χ2n) is 5.47. The van der Waals surface area contributed by atoms with Crippen molar-refractivity contribution < 1.29 is 0 Å². The van der Waals surface area contributed by atoms with Crippen molar-refractivity contribution in [1.29, 1.82) is 0 Å². The van der Waals surface area contributed by atoms with E-state index in [9.17, 15) is 0 Å². The minimum Gasteiger partial charge on any atom is -0.103 e. The molecule has 0 nitrogen and oxygen atoms in total. The maximum absolute atomic E-state index is 3.98. The van der Waals surface area contributed by atoms with Crippen molar-refractivity contribution in [2.45, 2.75) is 53.4 Å². The van der Waals surface area contributed by atoms with E-state index in [1.54, 1.807) is 0 Å². The summed E-state index contributed by atoms with van der Waals surface area (Å²) < 4.78 is 0. The molecular weight excluding hydrogens is 180 g/mol. The van der Waals surface area contributed by atoms with E-state index in [-0.39, 0.29) is 0 Å². The summed E-state index contributed by atoms with van der Waals surface area (Å²) in [4.78, 5) is 0. The average molecular weight is 208 g/mol. The monoisotopic (exact) mass is 208 g/mol. The SMILES string of the molecule is C=CCC(C)CC(C)CC(C)CC(=C)C. The molecule has 0 aliphatic rings. The first-order valence-corrected chi connectivity index (χ1v) is 6.21. The van der Waals surface area contributed by atoms with Gasteiger partial charge in [-0.25, -0.2) is 0 Å². The second kappa shape index (κ2) is 7.73. The summed E-state index contributed by atoms with van der Waals surface area (Å²) in [7, 11) is 0. The average Bonchev–Trinajstić information content (AvgIpc) is 2.00. The van der Waals surface area contributed by atoms with Crippen LogP contribution >= 0.6 is 0 Å². The molecular formula is C15H28. The van der Waals surface area contributed by atoms with Crippen molar-refractivity contribution in [3.05, 3.63) is 24.8 Å². The molecule has 0 spiro atoms. The molecule has 15 heavy (non-hydrogen) atoms. The van der Waals surface area contributed by atoms with Crippen LogP contribution in [0.3, 0.4) is 0 Å². The molecule has 0 aliphatic heterocycles. The van der Waals surface area contributed by atoms with Gasteiger partial charge in [-0.1, -0.05) is 32.4 Å². The van der Waals surface area contributed by atoms with Crippen LogP contribution in [0.5, 0.6) is 0 Å². The minimum atomic E-state index is 0.786. The molecule has 0 N–H and O–H groups in total. The van der Waals surface area contributed by atoms with E-state index in [0.29, 0.717) is 0 Å². The number of hydrogen-bond donors (Lipinski definition) is 0. The molecule has 0 aromatic carbocycles. The lowest BCUT2D eigenvalue weighted by atomic mass is 9.86. The van der Waals surface area contributed by atoms with Gasteiger partial charge < -0.3 is 0 Å². The standard InChI is InChI=1S/C15H28/c1-7-8-13(4)10-15(6)11-14(5)9-12(2)3/h7,13-15H,1-2,8-11H2,3-6H3. The van der Waals surface area contributed by atoms with Crippen LogP contribution in [0.25, 0.3) is 0 Å². The third-order valence-electron chi connectivity index (χ3n) is 2.88. The molecule has 0 rings (SSSR count). The van der Waals surface area contributed by atoms with Gasteiger partial charge in [0.1, 0.15) is 0 Å². The Hall–Kier alpha value is -0.520. The van der Waals surface area contributed by atoms with Crippen molar-refractivity contribution in [2.75, 3.05) is 0 Å². The van der Waals surface area contributed by atoms with Crippen LogP contribution in [0.1, 0.15) is 53.4 Å². The third kappa shape index (κ3) is 8.47. The molecule has 0 fully saturated rings. The van der Waals surface area contributed by atoms with E-state index >= 15 is 0 Å². The Bertz CT molecular complexity index is 190. The van der Waals surface area contributed by atoms with Crippen LogP contribution < -0.4 is 0 Å². The molecule has 0 saturated carbocycles. The quantitative estimate of drug-likeness (QED) is 0.480. The van der Waals surface area contributed by atoms with E-state index in [1.807, 2.05) is 6.08 Å². The van der Waals surface area contributed by atoms with E-state index in [0.717, 1.165) is 24.2 Å².